The number of sulfonamides is 1. The number of hydrogen-bond acceptors (Lipinski definition) is 4. The first-order valence-corrected chi connectivity index (χ1v) is 10.9. The molecule has 31 heavy (non-hydrogen) atoms. The van der Waals surface area contributed by atoms with Gasteiger partial charge in [-0.15, -0.1) is 0 Å². The lowest BCUT2D eigenvalue weighted by Gasteiger charge is -2.20. The highest BCUT2D eigenvalue weighted by atomic mass is 32.2. The second-order valence-electron chi connectivity index (χ2n) is 6.78. The monoisotopic (exact) mass is 450 g/mol. The largest absolute Gasteiger partial charge is 0.494 e. The van der Waals surface area contributed by atoms with Gasteiger partial charge in [-0.2, -0.15) is 13.2 Å². The Morgan fingerprint density at radius 2 is 1.84 bits per heavy atom. The van der Waals surface area contributed by atoms with E-state index in [1.54, 1.807) is 43.6 Å². The van der Waals surface area contributed by atoms with Gasteiger partial charge in [0.1, 0.15) is 5.75 Å². The summed E-state index contributed by atoms with van der Waals surface area (Å²) in [5.41, 5.74) is 0.948. The number of alkyl halides is 3. The van der Waals surface area contributed by atoms with Crippen LogP contribution < -0.4 is 9.46 Å². The Labute approximate surface area is 179 Å². The lowest BCUT2D eigenvalue weighted by atomic mass is 9.99. The number of halogens is 3. The van der Waals surface area contributed by atoms with Crippen LogP contribution in [0.3, 0.4) is 0 Å². The van der Waals surface area contributed by atoms with E-state index in [0.29, 0.717) is 17.7 Å². The molecule has 2 aromatic carbocycles. The van der Waals surface area contributed by atoms with Gasteiger partial charge in [0.2, 0.25) is 10.0 Å². The molecule has 0 aliphatic carbocycles. The summed E-state index contributed by atoms with van der Waals surface area (Å²) in [6.45, 7) is 1.75. The van der Waals surface area contributed by atoms with Crippen LogP contribution in [0.25, 0.3) is 11.1 Å². The Hall–Kier alpha value is -2.91. The smallest absolute Gasteiger partial charge is 0.417 e. The van der Waals surface area contributed by atoms with Crippen molar-refractivity contribution in [3.8, 4) is 16.9 Å². The molecule has 0 saturated carbocycles. The highest BCUT2D eigenvalue weighted by Crippen LogP contribution is 2.35. The Morgan fingerprint density at radius 1 is 1.10 bits per heavy atom. The van der Waals surface area contributed by atoms with Gasteiger partial charge in [0.05, 0.1) is 23.8 Å². The second kappa shape index (κ2) is 9.07. The maximum absolute atomic E-state index is 13.3. The zero-order chi connectivity index (χ0) is 22.6. The fourth-order valence-corrected chi connectivity index (χ4v) is 4.81. The first-order valence-electron chi connectivity index (χ1n) is 9.44. The molecule has 0 spiro atoms. The SMILES string of the molecule is CC[C@H](NS(=O)(=O)c1ccccc1C(F)(F)F)c1cccc(-c2ccncc2OC)c1. The molecule has 3 aromatic rings. The second-order valence-corrected chi connectivity index (χ2v) is 8.46. The molecule has 0 aliphatic rings. The Balaban J connectivity index is 1.98. The van der Waals surface area contributed by atoms with E-state index in [1.165, 1.54) is 13.2 Å². The van der Waals surface area contributed by atoms with Gasteiger partial charge >= 0.3 is 6.18 Å². The van der Waals surface area contributed by atoms with E-state index in [1.807, 2.05) is 6.07 Å². The molecule has 1 N–H and O–H groups in total. The first-order chi connectivity index (χ1) is 14.7. The third-order valence-corrected chi connectivity index (χ3v) is 6.32. The number of benzene rings is 2. The highest BCUT2D eigenvalue weighted by Gasteiger charge is 2.37. The Bertz CT molecular complexity index is 1160. The molecule has 0 fully saturated rings. The molecule has 164 valence electrons. The molecule has 3 rings (SSSR count). The average Bonchev–Trinajstić information content (AvgIpc) is 2.77. The van der Waals surface area contributed by atoms with Gasteiger partial charge in [-0.05, 0) is 41.8 Å². The van der Waals surface area contributed by atoms with Crippen LogP contribution in [-0.4, -0.2) is 20.5 Å². The number of methoxy groups -OCH3 is 1. The minimum Gasteiger partial charge on any atom is -0.494 e. The van der Waals surface area contributed by atoms with E-state index >= 15 is 0 Å². The number of ether oxygens (including phenoxy) is 1. The van der Waals surface area contributed by atoms with Crippen LogP contribution in [0.2, 0.25) is 0 Å². The summed E-state index contributed by atoms with van der Waals surface area (Å²) in [5, 5.41) is 0. The first kappa shape index (κ1) is 22.8. The molecule has 0 radical (unpaired) electrons. The van der Waals surface area contributed by atoms with Crippen molar-refractivity contribution >= 4 is 10.0 Å². The van der Waals surface area contributed by atoms with Crippen molar-refractivity contribution in [3.63, 3.8) is 0 Å². The van der Waals surface area contributed by atoms with Gasteiger partial charge < -0.3 is 4.74 Å². The fourth-order valence-electron chi connectivity index (χ4n) is 3.28. The van der Waals surface area contributed by atoms with Gasteiger partial charge in [0.15, 0.2) is 0 Å². The molecule has 0 saturated heterocycles. The van der Waals surface area contributed by atoms with Crippen molar-refractivity contribution in [3.05, 3.63) is 78.1 Å². The van der Waals surface area contributed by atoms with Crippen LogP contribution in [0.15, 0.2) is 71.9 Å². The minimum atomic E-state index is -4.79. The van der Waals surface area contributed by atoms with E-state index in [4.69, 9.17) is 4.74 Å². The summed E-state index contributed by atoms with van der Waals surface area (Å²) in [7, 11) is -2.91. The molecule has 9 heteroatoms. The topological polar surface area (TPSA) is 68.3 Å². The van der Waals surface area contributed by atoms with Gasteiger partial charge in [-0.1, -0.05) is 37.3 Å². The Kier molecular flexibility index (Phi) is 6.66. The van der Waals surface area contributed by atoms with Crippen molar-refractivity contribution in [2.75, 3.05) is 7.11 Å². The van der Waals surface area contributed by atoms with E-state index < -0.39 is 32.7 Å². The summed E-state index contributed by atoms with van der Waals surface area (Å²) in [5.74, 6) is 0.549. The number of nitrogens with zero attached hydrogens (tertiary/aromatic N) is 1. The van der Waals surface area contributed by atoms with Gasteiger partial charge in [-0.3, -0.25) is 4.98 Å². The van der Waals surface area contributed by atoms with Crippen LogP contribution in [0.5, 0.6) is 5.75 Å². The van der Waals surface area contributed by atoms with Crippen molar-refractivity contribution in [1.29, 1.82) is 0 Å². The van der Waals surface area contributed by atoms with E-state index in [-0.39, 0.29) is 0 Å². The van der Waals surface area contributed by atoms with E-state index in [9.17, 15) is 21.6 Å². The van der Waals surface area contributed by atoms with Crippen LogP contribution in [0.1, 0.15) is 30.5 Å². The number of pyridine rings is 1. The lowest BCUT2D eigenvalue weighted by Crippen LogP contribution is -2.30. The van der Waals surface area contributed by atoms with Crippen LogP contribution in [-0.2, 0) is 16.2 Å². The third-order valence-electron chi connectivity index (χ3n) is 4.79. The number of rotatable bonds is 7. The standard InChI is InChI=1S/C22H21F3N2O3S/c1-3-19(27-31(28,29)21-10-5-4-9-18(21)22(23,24)25)16-8-6-7-15(13-16)17-11-12-26-14-20(17)30-2/h4-14,19,27H,3H2,1-2H3/t19-/m0/s1. The lowest BCUT2D eigenvalue weighted by molar-refractivity contribution is -0.139. The van der Waals surface area contributed by atoms with Crippen molar-refractivity contribution in [2.45, 2.75) is 30.5 Å². The van der Waals surface area contributed by atoms with Crippen molar-refractivity contribution in [2.24, 2.45) is 0 Å². The molecule has 0 unspecified atom stereocenters. The van der Waals surface area contributed by atoms with E-state index in [2.05, 4.69) is 9.71 Å². The average molecular weight is 450 g/mol. The van der Waals surface area contributed by atoms with Crippen LogP contribution in [0.4, 0.5) is 13.2 Å². The minimum absolute atomic E-state index is 0.338. The summed E-state index contributed by atoms with van der Waals surface area (Å²) >= 11 is 0. The zero-order valence-electron chi connectivity index (χ0n) is 16.8. The van der Waals surface area contributed by atoms with Crippen molar-refractivity contribution < 1.29 is 26.3 Å². The molecule has 1 aromatic heterocycles. The molecule has 0 amide bonds. The fraction of sp³-hybridized carbons (Fsp3) is 0.227. The molecule has 5 nitrogen and oxygen atoms in total. The van der Waals surface area contributed by atoms with Crippen LogP contribution >= 0.6 is 0 Å². The number of hydrogen-bond donors (Lipinski definition) is 1. The molecule has 0 bridgehead atoms. The molecular weight excluding hydrogens is 429 g/mol. The third kappa shape index (κ3) is 5.05. The zero-order valence-corrected chi connectivity index (χ0v) is 17.7. The number of nitrogens with one attached hydrogen (secondary N) is 1. The van der Waals surface area contributed by atoms with Crippen molar-refractivity contribution in [1.82, 2.24) is 9.71 Å². The molecular formula is C22H21F3N2O3S. The normalized spacial score (nSPS) is 13.1. The predicted octanol–water partition coefficient (Wildman–Crippen LogP) is 5.21. The summed E-state index contributed by atoms with van der Waals surface area (Å²) in [4.78, 5) is 3.22. The van der Waals surface area contributed by atoms with Gasteiger partial charge in [-0.25, -0.2) is 13.1 Å². The summed E-state index contributed by atoms with van der Waals surface area (Å²) in [6.07, 6.45) is -1.27. The molecule has 1 atom stereocenters. The quantitative estimate of drug-likeness (QED) is 0.537. The molecule has 0 aliphatic heterocycles. The van der Waals surface area contributed by atoms with Gasteiger partial charge in [0.25, 0.3) is 0 Å². The molecule has 1 heterocycles. The van der Waals surface area contributed by atoms with Gasteiger partial charge in [0, 0.05) is 17.8 Å². The van der Waals surface area contributed by atoms with Crippen LogP contribution in [0, 0.1) is 0 Å². The van der Waals surface area contributed by atoms with E-state index in [0.717, 1.165) is 29.3 Å². The summed E-state index contributed by atoms with van der Waals surface area (Å²) in [6, 6.07) is 12.3. The maximum atomic E-state index is 13.3. The predicted molar refractivity (Wildman–Crippen MR) is 111 cm³/mol. The summed E-state index contributed by atoms with van der Waals surface area (Å²) < 4.78 is 73.4. The number of aromatic nitrogens is 1. The highest BCUT2D eigenvalue weighted by molar-refractivity contribution is 7.89. The maximum Gasteiger partial charge on any atom is 0.417 e. The Morgan fingerprint density at radius 3 is 2.52 bits per heavy atom.